The van der Waals surface area contributed by atoms with E-state index in [1.54, 1.807) is 0 Å². The number of nitrogens with zero attached hydrogens (tertiary/aromatic N) is 1. The SMILES string of the molecule is Cc1ccc2cc(C(N)c3c(C)cccc3C)ccc2n1. The molecular formula is C19H20N2. The second-order valence-corrected chi connectivity index (χ2v) is 5.69. The molecule has 1 atom stereocenters. The van der Waals surface area contributed by atoms with Gasteiger partial charge < -0.3 is 5.73 Å². The Morgan fingerprint density at radius 1 is 0.905 bits per heavy atom. The molecule has 0 saturated carbocycles. The van der Waals surface area contributed by atoms with Crippen LogP contribution in [0.2, 0.25) is 0 Å². The molecule has 0 radical (unpaired) electrons. The summed E-state index contributed by atoms with van der Waals surface area (Å²) in [7, 11) is 0. The lowest BCUT2D eigenvalue weighted by Gasteiger charge is -2.18. The molecule has 3 rings (SSSR count). The molecular weight excluding hydrogens is 256 g/mol. The van der Waals surface area contributed by atoms with Crippen LogP contribution in [0.25, 0.3) is 10.9 Å². The van der Waals surface area contributed by atoms with Crippen LogP contribution in [0.5, 0.6) is 0 Å². The minimum Gasteiger partial charge on any atom is -0.320 e. The summed E-state index contributed by atoms with van der Waals surface area (Å²) in [4.78, 5) is 4.54. The van der Waals surface area contributed by atoms with Gasteiger partial charge in [0.25, 0.3) is 0 Å². The molecule has 1 heterocycles. The van der Waals surface area contributed by atoms with Crippen LogP contribution in [0.4, 0.5) is 0 Å². The highest BCUT2D eigenvalue weighted by atomic mass is 14.7. The molecule has 1 aromatic heterocycles. The summed E-state index contributed by atoms with van der Waals surface area (Å²) in [5.74, 6) is 0. The zero-order chi connectivity index (χ0) is 15.0. The molecule has 2 aromatic carbocycles. The normalized spacial score (nSPS) is 12.6. The van der Waals surface area contributed by atoms with E-state index in [-0.39, 0.29) is 6.04 Å². The Balaban J connectivity index is 2.09. The molecule has 1 unspecified atom stereocenters. The Kier molecular flexibility index (Phi) is 3.48. The summed E-state index contributed by atoms with van der Waals surface area (Å²) in [6.07, 6.45) is 0. The van der Waals surface area contributed by atoms with E-state index in [0.717, 1.165) is 22.2 Å². The first-order valence-corrected chi connectivity index (χ1v) is 7.25. The zero-order valence-electron chi connectivity index (χ0n) is 12.7. The van der Waals surface area contributed by atoms with Crippen LogP contribution < -0.4 is 5.73 Å². The number of fused-ring (bicyclic) bond motifs is 1. The van der Waals surface area contributed by atoms with Crippen molar-refractivity contribution in [1.29, 1.82) is 0 Å². The fraction of sp³-hybridized carbons (Fsp3) is 0.211. The smallest absolute Gasteiger partial charge is 0.0705 e. The highest BCUT2D eigenvalue weighted by Crippen LogP contribution is 2.27. The van der Waals surface area contributed by atoms with Crippen LogP contribution in [0.15, 0.2) is 48.5 Å². The number of aromatic nitrogens is 1. The summed E-state index contributed by atoms with van der Waals surface area (Å²) in [5.41, 5.74) is 13.4. The van der Waals surface area contributed by atoms with E-state index in [2.05, 4.69) is 61.3 Å². The second-order valence-electron chi connectivity index (χ2n) is 5.69. The van der Waals surface area contributed by atoms with Crippen molar-refractivity contribution in [3.8, 4) is 0 Å². The van der Waals surface area contributed by atoms with E-state index in [1.807, 2.05) is 13.0 Å². The zero-order valence-corrected chi connectivity index (χ0v) is 12.7. The number of rotatable bonds is 2. The lowest BCUT2D eigenvalue weighted by atomic mass is 9.91. The third-order valence-electron chi connectivity index (χ3n) is 4.06. The third kappa shape index (κ3) is 2.55. The lowest BCUT2D eigenvalue weighted by Crippen LogP contribution is -2.14. The van der Waals surface area contributed by atoms with Gasteiger partial charge in [0.15, 0.2) is 0 Å². The lowest BCUT2D eigenvalue weighted by molar-refractivity contribution is 0.853. The predicted molar refractivity (Wildman–Crippen MR) is 88.4 cm³/mol. The van der Waals surface area contributed by atoms with Crippen molar-refractivity contribution in [2.24, 2.45) is 5.73 Å². The van der Waals surface area contributed by atoms with E-state index in [0.29, 0.717) is 0 Å². The average Bonchev–Trinajstić information content (AvgIpc) is 2.46. The first kappa shape index (κ1) is 13.8. The molecule has 0 aliphatic carbocycles. The predicted octanol–water partition coefficient (Wildman–Crippen LogP) is 4.21. The Morgan fingerprint density at radius 3 is 2.33 bits per heavy atom. The molecule has 21 heavy (non-hydrogen) atoms. The highest BCUT2D eigenvalue weighted by Gasteiger charge is 2.14. The van der Waals surface area contributed by atoms with E-state index in [9.17, 15) is 0 Å². The number of hydrogen-bond donors (Lipinski definition) is 1. The number of nitrogens with two attached hydrogens (primary N) is 1. The molecule has 2 N–H and O–H groups in total. The van der Waals surface area contributed by atoms with Gasteiger partial charge in [-0.25, -0.2) is 0 Å². The first-order valence-electron chi connectivity index (χ1n) is 7.25. The van der Waals surface area contributed by atoms with E-state index in [1.165, 1.54) is 16.7 Å². The maximum absolute atomic E-state index is 6.52. The van der Waals surface area contributed by atoms with Crippen LogP contribution in [0, 0.1) is 20.8 Å². The van der Waals surface area contributed by atoms with Crippen molar-refractivity contribution >= 4 is 10.9 Å². The quantitative estimate of drug-likeness (QED) is 0.761. The highest BCUT2D eigenvalue weighted by molar-refractivity contribution is 5.79. The summed E-state index contributed by atoms with van der Waals surface area (Å²) < 4.78 is 0. The van der Waals surface area contributed by atoms with Gasteiger partial charge in [0, 0.05) is 11.1 Å². The van der Waals surface area contributed by atoms with Crippen molar-refractivity contribution in [3.63, 3.8) is 0 Å². The second kappa shape index (κ2) is 5.30. The van der Waals surface area contributed by atoms with E-state index < -0.39 is 0 Å². The van der Waals surface area contributed by atoms with Crippen molar-refractivity contribution in [2.45, 2.75) is 26.8 Å². The maximum Gasteiger partial charge on any atom is 0.0705 e. The monoisotopic (exact) mass is 276 g/mol. The topological polar surface area (TPSA) is 38.9 Å². The fourth-order valence-electron chi connectivity index (χ4n) is 2.92. The minimum atomic E-state index is -0.100. The van der Waals surface area contributed by atoms with Gasteiger partial charge in [0.2, 0.25) is 0 Å². The molecule has 0 fully saturated rings. The molecule has 0 aliphatic rings. The van der Waals surface area contributed by atoms with Gasteiger partial charge in [0.1, 0.15) is 0 Å². The van der Waals surface area contributed by atoms with Crippen molar-refractivity contribution < 1.29 is 0 Å². The van der Waals surface area contributed by atoms with E-state index in [4.69, 9.17) is 5.73 Å². The van der Waals surface area contributed by atoms with Gasteiger partial charge in [-0.2, -0.15) is 0 Å². The molecule has 0 amide bonds. The van der Waals surface area contributed by atoms with Gasteiger partial charge in [-0.05, 0) is 61.2 Å². The minimum absolute atomic E-state index is 0.100. The van der Waals surface area contributed by atoms with Crippen LogP contribution in [-0.4, -0.2) is 4.98 Å². The average molecular weight is 276 g/mol. The Bertz CT molecular complexity index is 786. The summed E-state index contributed by atoms with van der Waals surface area (Å²) in [5, 5.41) is 1.14. The summed E-state index contributed by atoms with van der Waals surface area (Å²) in [6, 6.07) is 16.7. The van der Waals surface area contributed by atoms with Gasteiger partial charge in [0.05, 0.1) is 11.6 Å². The number of aryl methyl sites for hydroxylation is 3. The van der Waals surface area contributed by atoms with Crippen molar-refractivity contribution in [2.75, 3.05) is 0 Å². The fourth-order valence-corrected chi connectivity index (χ4v) is 2.92. The number of hydrogen-bond acceptors (Lipinski definition) is 2. The molecule has 2 heteroatoms. The van der Waals surface area contributed by atoms with Crippen LogP contribution in [-0.2, 0) is 0 Å². The van der Waals surface area contributed by atoms with E-state index >= 15 is 0 Å². The third-order valence-corrected chi connectivity index (χ3v) is 4.06. The summed E-state index contributed by atoms with van der Waals surface area (Å²) >= 11 is 0. The standard InChI is InChI=1S/C19H20N2/c1-12-5-4-6-13(2)18(12)19(20)16-9-10-17-15(11-16)8-7-14(3)21-17/h4-11,19H,20H2,1-3H3. The molecule has 106 valence electrons. The van der Waals surface area contributed by atoms with Gasteiger partial charge in [-0.15, -0.1) is 0 Å². The number of pyridine rings is 1. The maximum atomic E-state index is 6.52. The molecule has 0 saturated heterocycles. The van der Waals surface area contributed by atoms with Crippen molar-refractivity contribution in [3.05, 3.63) is 76.5 Å². The Morgan fingerprint density at radius 2 is 1.62 bits per heavy atom. The Hall–Kier alpha value is -2.19. The first-order chi connectivity index (χ1) is 10.1. The molecule has 3 aromatic rings. The van der Waals surface area contributed by atoms with Crippen LogP contribution in [0.3, 0.4) is 0 Å². The van der Waals surface area contributed by atoms with Crippen LogP contribution in [0.1, 0.15) is 34.0 Å². The number of benzene rings is 2. The van der Waals surface area contributed by atoms with Gasteiger partial charge in [-0.3, -0.25) is 4.98 Å². The molecule has 0 spiro atoms. The molecule has 2 nitrogen and oxygen atoms in total. The van der Waals surface area contributed by atoms with Crippen molar-refractivity contribution in [1.82, 2.24) is 4.98 Å². The largest absolute Gasteiger partial charge is 0.320 e. The summed E-state index contributed by atoms with van der Waals surface area (Å²) in [6.45, 7) is 6.25. The molecule has 0 bridgehead atoms. The Labute approximate surface area is 125 Å². The van der Waals surface area contributed by atoms with Gasteiger partial charge in [-0.1, -0.05) is 30.3 Å². The molecule has 0 aliphatic heterocycles. The van der Waals surface area contributed by atoms with Gasteiger partial charge >= 0.3 is 0 Å². The van der Waals surface area contributed by atoms with Crippen LogP contribution >= 0.6 is 0 Å².